The zero-order valence-corrected chi connectivity index (χ0v) is 6.54. The van der Waals surface area contributed by atoms with Crippen molar-refractivity contribution in [1.82, 2.24) is 14.4 Å². The summed E-state index contributed by atoms with van der Waals surface area (Å²) < 4.78 is 23.0. The van der Waals surface area contributed by atoms with E-state index >= 15 is 0 Å². The molecular formula is C4H7N3O3S. The largest absolute Gasteiger partial charge is 0.324 e. The number of rotatable bonds is 2. The SMILES string of the molecule is Cn1ccnc1S(=O)(=O)NO. The van der Waals surface area contributed by atoms with Crippen LogP contribution in [0.25, 0.3) is 0 Å². The molecule has 1 heterocycles. The molecule has 0 aliphatic carbocycles. The Hall–Kier alpha value is -0.920. The van der Waals surface area contributed by atoms with Crippen molar-refractivity contribution in [2.75, 3.05) is 0 Å². The number of hydrogen-bond donors (Lipinski definition) is 2. The second-order valence-electron chi connectivity index (χ2n) is 1.92. The number of aryl methyl sites for hydroxylation is 1. The first kappa shape index (κ1) is 8.18. The van der Waals surface area contributed by atoms with Gasteiger partial charge in [-0.05, 0) is 0 Å². The molecule has 7 heteroatoms. The number of imidazole rings is 1. The van der Waals surface area contributed by atoms with Gasteiger partial charge < -0.3 is 9.77 Å². The highest BCUT2D eigenvalue weighted by atomic mass is 32.2. The summed E-state index contributed by atoms with van der Waals surface area (Å²) in [5, 5.41) is 7.98. The molecule has 62 valence electrons. The van der Waals surface area contributed by atoms with Gasteiger partial charge in [-0.25, -0.2) is 13.4 Å². The fourth-order valence-electron chi connectivity index (χ4n) is 0.652. The van der Waals surface area contributed by atoms with Crippen molar-refractivity contribution >= 4 is 10.0 Å². The molecule has 0 saturated carbocycles. The van der Waals surface area contributed by atoms with Gasteiger partial charge in [0.1, 0.15) is 0 Å². The molecule has 1 rings (SSSR count). The lowest BCUT2D eigenvalue weighted by atomic mass is 10.9. The molecule has 0 atom stereocenters. The Bertz CT molecular complexity index is 341. The lowest BCUT2D eigenvalue weighted by Crippen LogP contribution is -2.22. The first-order valence-corrected chi connectivity index (χ1v) is 4.19. The molecule has 0 aromatic carbocycles. The van der Waals surface area contributed by atoms with Crippen LogP contribution >= 0.6 is 0 Å². The van der Waals surface area contributed by atoms with Crippen LogP contribution in [0.5, 0.6) is 0 Å². The van der Waals surface area contributed by atoms with E-state index in [0.717, 1.165) is 0 Å². The summed E-state index contributed by atoms with van der Waals surface area (Å²) in [6, 6.07) is 0. The number of nitrogens with zero attached hydrogens (tertiary/aromatic N) is 2. The molecule has 0 spiro atoms. The summed E-state index contributed by atoms with van der Waals surface area (Å²) in [4.78, 5) is 4.68. The normalized spacial score (nSPS) is 11.8. The summed E-state index contributed by atoms with van der Waals surface area (Å²) in [5.41, 5.74) is 0. The molecule has 1 aromatic rings. The van der Waals surface area contributed by atoms with Crippen LogP contribution in [0.3, 0.4) is 0 Å². The summed E-state index contributed by atoms with van der Waals surface area (Å²) >= 11 is 0. The second kappa shape index (κ2) is 2.61. The van der Waals surface area contributed by atoms with Crippen molar-refractivity contribution < 1.29 is 13.6 Å². The van der Waals surface area contributed by atoms with E-state index in [0.29, 0.717) is 0 Å². The van der Waals surface area contributed by atoms with Gasteiger partial charge in [-0.3, -0.25) is 0 Å². The topological polar surface area (TPSA) is 84.2 Å². The third-order valence-electron chi connectivity index (χ3n) is 1.14. The molecule has 0 aliphatic rings. The Morgan fingerprint density at radius 3 is 2.73 bits per heavy atom. The maximum atomic E-state index is 10.8. The minimum Gasteiger partial charge on any atom is -0.324 e. The number of aromatic nitrogens is 2. The van der Waals surface area contributed by atoms with Crippen molar-refractivity contribution in [3.8, 4) is 0 Å². The second-order valence-corrected chi connectivity index (χ2v) is 3.47. The molecule has 6 nitrogen and oxygen atoms in total. The van der Waals surface area contributed by atoms with Crippen molar-refractivity contribution in [3.63, 3.8) is 0 Å². The first-order valence-electron chi connectivity index (χ1n) is 2.71. The molecule has 0 saturated heterocycles. The lowest BCUT2D eigenvalue weighted by molar-refractivity contribution is 0.241. The molecule has 0 fully saturated rings. The summed E-state index contributed by atoms with van der Waals surface area (Å²) in [5.74, 6) is 0. The van der Waals surface area contributed by atoms with Crippen LogP contribution < -0.4 is 4.89 Å². The average Bonchev–Trinajstić information content (AvgIpc) is 2.36. The van der Waals surface area contributed by atoms with Gasteiger partial charge in [-0.2, -0.15) is 0 Å². The van der Waals surface area contributed by atoms with Crippen LogP contribution in [0.1, 0.15) is 0 Å². The Morgan fingerprint density at radius 2 is 2.36 bits per heavy atom. The first-order chi connectivity index (χ1) is 5.08. The Labute approximate surface area is 63.5 Å². The van der Waals surface area contributed by atoms with Crippen molar-refractivity contribution in [2.45, 2.75) is 5.16 Å². The number of hydrogen-bond acceptors (Lipinski definition) is 4. The van der Waals surface area contributed by atoms with E-state index in [2.05, 4.69) is 4.98 Å². The van der Waals surface area contributed by atoms with Gasteiger partial charge in [-0.15, -0.1) is 0 Å². The minimum atomic E-state index is -3.83. The maximum Gasteiger partial charge on any atom is 0.296 e. The van der Waals surface area contributed by atoms with E-state index in [4.69, 9.17) is 5.21 Å². The molecule has 0 unspecified atom stereocenters. The molecule has 1 aromatic heterocycles. The lowest BCUT2D eigenvalue weighted by Gasteiger charge is -1.99. The van der Waals surface area contributed by atoms with Crippen LogP contribution in [0.4, 0.5) is 0 Å². The van der Waals surface area contributed by atoms with Gasteiger partial charge in [0.05, 0.1) is 0 Å². The van der Waals surface area contributed by atoms with Crippen LogP contribution in [0.2, 0.25) is 0 Å². The van der Waals surface area contributed by atoms with E-state index in [1.165, 1.54) is 28.9 Å². The molecule has 0 bridgehead atoms. The number of nitrogens with one attached hydrogen (secondary N) is 1. The minimum absolute atomic E-state index is 0.222. The Balaban J connectivity index is 3.22. The number of sulfonamides is 1. The molecule has 11 heavy (non-hydrogen) atoms. The van der Waals surface area contributed by atoms with Gasteiger partial charge in [0.15, 0.2) is 0 Å². The van der Waals surface area contributed by atoms with Crippen LogP contribution in [0.15, 0.2) is 17.6 Å². The standard InChI is InChI=1S/C4H7N3O3S/c1-7-3-2-5-4(7)11(9,10)6-8/h2-3,6,8H,1H3. The molecule has 2 N–H and O–H groups in total. The maximum absolute atomic E-state index is 10.8. The van der Waals surface area contributed by atoms with Crippen molar-refractivity contribution in [1.29, 1.82) is 0 Å². The van der Waals surface area contributed by atoms with Gasteiger partial charge in [-0.1, -0.05) is 4.89 Å². The van der Waals surface area contributed by atoms with Crippen molar-refractivity contribution in [2.24, 2.45) is 7.05 Å². The molecule has 0 radical (unpaired) electrons. The van der Waals surface area contributed by atoms with Gasteiger partial charge >= 0.3 is 0 Å². The zero-order chi connectivity index (χ0) is 8.48. The van der Waals surface area contributed by atoms with Gasteiger partial charge in [0, 0.05) is 19.4 Å². The predicted octanol–water partition coefficient (Wildman–Crippen LogP) is -0.912. The highest BCUT2D eigenvalue weighted by Gasteiger charge is 2.16. The van der Waals surface area contributed by atoms with E-state index in [-0.39, 0.29) is 5.16 Å². The average molecular weight is 177 g/mol. The Kier molecular flexibility index (Phi) is 1.94. The zero-order valence-electron chi connectivity index (χ0n) is 5.72. The van der Waals surface area contributed by atoms with E-state index in [1.54, 1.807) is 0 Å². The highest BCUT2D eigenvalue weighted by molar-refractivity contribution is 7.89. The highest BCUT2D eigenvalue weighted by Crippen LogP contribution is 2.01. The fourth-order valence-corrected chi connectivity index (χ4v) is 1.37. The van der Waals surface area contributed by atoms with E-state index < -0.39 is 10.0 Å². The van der Waals surface area contributed by atoms with E-state index in [9.17, 15) is 8.42 Å². The molecular weight excluding hydrogens is 170 g/mol. The van der Waals surface area contributed by atoms with E-state index in [1.807, 2.05) is 0 Å². The Morgan fingerprint density at radius 1 is 1.73 bits per heavy atom. The van der Waals surface area contributed by atoms with Gasteiger partial charge in [0.25, 0.3) is 10.0 Å². The van der Waals surface area contributed by atoms with Gasteiger partial charge in [0.2, 0.25) is 5.16 Å². The summed E-state index contributed by atoms with van der Waals surface area (Å²) in [6.45, 7) is 0. The third-order valence-corrected chi connectivity index (χ3v) is 2.25. The third kappa shape index (κ3) is 1.39. The van der Waals surface area contributed by atoms with Crippen LogP contribution in [-0.4, -0.2) is 23.2 Å². The quantitative estimate of drug-likeness (QED) is 0.572. The van der Waals surface area contributed by atoms with Crippen molar-refractivity contribution in [3.05, 3.63) is 12.4 Å². The fraction of sp³-hybridized carbons (Fsp3) is 0.250. The van der Waals surface area contributed by atoms with Crippen LogP contribution in [0, 0.1) is 0 Å². The van der Waals surface area contributed by atoms with Crippen LogP contribution in [-0.2, 0) is 17.1 Å². The summed E-state index contributed by atoms with van der Waals surface area (Å²) in [6.07, 6.45) is 2.79. The summed E-state index contributed by atoms with van der Waals surface area (Å²) in [7, 11) is -2.32. The smallest absolute Gasteiger partial charge is 0.296 e. The molecule has 0 aliphatic heterocycles. The molecule has 0 amide bonds. The predicted molar refractivity (Wildman–Crippen MR) is 35.3 cm³/mol. The monoisotopic (exact) mass is 177 g/mol.